The van der Waals surface area contributed by atoms with Crippen LogP contribution in [0.3, 0.4) is 0 Å². The summed E-state index contributed by atoms with van der Waals surface area (Å²) in [5, 5.41) is 3.13. The number of aromatic nitrogens is 2. The Hall–Kier alpha value is -1.36. The molecule has 5 nitrogen and oxygen atoms in total. The van der Waals surface area contributed by atoms with Crippen LogP contribution in [-0.4, -0.2) is 29.2 Å². The number of rotatable bonds is 5. The van der Waals surface area contributed by atoms with Crippen LogP contribution in [0.15, 0.2) is 10.9 Å². The Morgan fingerprint density at radius 1 is 1.65 bits per heavy atom. The minimum atomic E-state index is -0.0988. The number of nitrogens with zero attached hydrogens (tertiary/aromatic N) is 1. The zero-order valence-electron chi connectivity index (χ0n) is 10.2. The fourth-order valence-electron chi connectivity index (χ4n) is 1.99. The molecule has 2 rings (SSSR count). The number of aromatic amines is 1. The number of nitrogens with one attached hydrogen (secondary N) is 2. The standard InChI is InChI=1S/C12H19N3O2/c1-2-4-9-7-11(16)15-12(14-9)13-8-10-5-3-6-17-10/h7,10H,2-6,8H2,1H3,(H2,13,14,15,16)/t10-/m0/s1. The molecule has 1 aromatic rings. The smallest absolute Gasteiger partial charge is 0.252 e. The van der Waals surface area contributed by atoms with E-state index in [0.717, 1.165) is 38.0 Å². The van der Waals surface area contributed by atoms with Gasteiger partial charge in [0.1, 0.15) is 0 Å². The minimum absolute atomic E-state index is 0.0988. The van der Waals surface area contributed by atoms with E-state index in [-0.39, 0.29) is 11.7 Å². The van der Waals surface area contributed by atoms with Gasteiger partial charge in [-0.1, -0.05) is 13.3 Å². The maximum atomic E-state index is 11.4. The fourth-order valence-corrected chi connectivity index (χ4v) is 1.99. The molecular formula is C12H19N3O2. The molecule has 0 spiro atoms. The van der Waals surface area contributed by atoms with Crippen LogP contribution >= 0.6 is 0 Å². The van der Waals surface area contributed by atoms with Crippen molar-refractivity contribution in [1.29, 1.82) is 0 Å². The van der Waals surface area contributed by atoms with E-state index in [1.807, 2.05) is 0 Å². The van der Waals surface area contributed by atoms with Crippen molar-refractivity contribution in [2.45, 2.75) is 38.7 Å². The van der Waals surface area contributed by atoms with Gasteiger partial charge in [-0.15, -0.1) is 0 Å². The van der Waals surface area contributed by atoms with Gasteiger partial charge in [0.2, 0.25) is 5.95 Å². The maximum absolute atomic E-state index is 11.4. The molecule has 0 amide bonds. The summed E-state index contributed by atoms with van der Waals surface area (Å²) < 4.78 is 5.50. The molecule has 2 heterocycles. The van der Waals surface area contributed by atoms with E-state index in [0.29, 0.717) is 12.5 Å². The molecule has 0 aromatic carbocycles. The monoisotopic (exact) mass is 237 g/mol. The molecule has 0 saturated carbocycles. The number of aryl methyl sites for hydroxylation is 1. The normalized spacial score (nSPS) is 19.5. The summed E-state index contributed by atoms with van der Waals surface area (Å²) in [7, 11) is 0. The highest BCUT2D eigenvalue weighted by atomic mass is 16.5. The minimum Gasteiger partial charge on any atom is -0.376 e. The highest BCUT2D eigenvalue weighted by Crippen LogP contribution is 2.12. The van der Waals surface area contributed by atoms with Crippen LogP contribution in [0.5, 0.6) is 0 Å². The third-order valence-electron chi connectivity index (χ3n) is 2.82. The maximum Gasteiger partial charge on any atom is 0.252 e. The van der Waals surface area contributed by atoms with Gasteiger partial charge in [0.25, 0.3) is 5.56 Å². The highest BCUT2D eigenvalue weighted by molar-refractivity contribution is 5.25. The molecule has 17 heavy (non-hydrogen) atoms. The largest absolute Gasteiger partial charge is 0.376 e. The molecule has 0 unspecified atom stereocenters. The van der Waals surface area contributed by atoms with Gasteiger partial charge in [-0.05, 0) is 19.3 Å². The SMILES string of the molecule is CCCc1cc(=O)[nH]c(NC[C@@H]2CCCO2)n1. The van der Waals surface area contributed by atoms with Gasteiger partial charge in [0, 0.05) is 24.9 Å². The van der Waals surface area contributed by atoms with Crippen LogP contribution in [-0.2, 0) is 11.2 Å². The molecule has 1 aliphatic heterocycles. The quantitative estimate of drug-likeness (QED) is 0.810. The number of ether oxygens (including phenoxy) is 1. The summed E-state index contributed by atoms with van der Waals surface area (Å²) in [5.74, 6) is 0.552. The summed E-state index contributed by atoms with van der Waals surface area (Å²) >= 11 is 0. The van der Waals surface area contributed by atoms with Crippen LogP contribution < -0.4 is 10.9 Å². The lowest BCUT2D eigenvalue weighted by molar-refractivity contribution is 0.120. The molecular weight excluding hydrogens is 218 g/mol. The number of hydrogen-bond acceptors (Lipinski definition) is 4. The molecule has 0 aliphatic carbocycles. The topological polar surface area (TPSA) is 67.0 Å². The van der Waals surface area contributed by atoms with E-state index in [1.54, 1.807) is 6.07 Å². The van der Waals surface area contributed by atoms with Crippen molar-refractivity contribution in [1.82, 2.24) is 9.97 Å². The van der Waals surface area contributed by atoms with Crippen molar-refractivity contribution >= 4 is 5.95 Å². The van der Waals surface area contributed by atoms with Crippen LogP contribution in [0.4, 0.5) is 5.95 Å². The second-order valence-electron chi connectivity index (χ2n) is 4.35. The van der Waals surface area contributed by atoms with Crippen molar-refractivity contribution in [3.8, 4) is 0 Å². The molecule has 1 aromatic heterocycles. The Labute approximate surface area is 101 Å². The molecule has 5 heteroatoms. The Morgan fingerprint density at radius 2 is 2.53 bits per heavy atom. The first kappa shape index (κ1) is 12.1. The summed E-state index contributed by atoms with van der Waals surface area (Å²) in [5.41, 5.74) is 0.740. The Morgan fingerprint density at radius 3 is 3.24 bits per heavy atom. The van der Waals surface area contributed by atoms with Gasteiger partial charge in [-0.25, -0.2) is 4.98 Å². The number of hydrogen-bond donors (Lipinski definition) is 2. The average Bonchev–Trinajstić information content (AvgIpc) is 2.79. The average molecular weight is 237 g/mol. The van der Waals surface area contributed by atoms with Gasteiger partial charge >= 0.3 is 0 Å². The Bertz CT molecular complexity index is 410. The lowest BCUT2D eigenvalue weighted by atomic mass is 10.2. The van der Waals surface area contributed by atoms with E-state index in [1.165, 1.54) is 0 Å². The molecule has 0 radical (unpaired) electrons. The molecule has 94 valence electrons. The van der Waals surface area contributed by atoms with E-state index in [2.05, 4.69) is 22.2 Å². The molecule has 1 fully saturated rings. The van der Waals surface area contributed by atoms with Crippen molar-refractivity contribution in [3.05, 3.63) is 22.1 Å². The zero-order valence-corrected chi connectivity index (χ0v) is 10.2. The second kappa shape index (κ2) is 5.82. The Kier molecular flexibility index (Phi) is 4.14. The fraction of sp³-hybridized carbons (Fsp3) is 0.667. The first-order valence-electron chi connectivity index (χ1n) is 6.23. The van der Waals surface area contributed by atoms with E-state index < -0.39 is 0 Å². The van der Waals surface area contributed by atoms with Crippen molar-refractivity contribution in [2.75, 3.05) is 18.5 Å². The summed E-state index contributed by atoms with van der Waals surface area (Å²) in [6.45, 7) is 3.62. The highest BCUT2D eigenvalue weighted by Gasteiger charge is 2.15. The lowest BCUT2D eigenvalue weighted by Crippen LogP contribution is -2.22. The van der Waals surface area contributed by atoms with E-state index in [9.17, 15) is 4.79 Å². The Balaban J connectivity index is 1.96. The molecule has 0 bridgehead atoms. The summed E-state index contributed by atoms with van der Waals surface area (Å²) in [4.78, 5) is 18.5. The molecule has 1 saturated heterocycles. The van der Waals surface area contributed by atoms with Gasteiger partial charge < -0.3 is 10.1 Å². The van der Waals surface area contributed by atoms with Crippen LogP contribution in [0.2, 0.25) is 0 Å². The van der Waals surface area contributed by atoms with Crippen LogP contribution in [0, 0.1) is 0 Å². The summed E-state index contributed by atoms with van der Waals surface area (Å²) in [6, 6.07) is 1.56. The molecule has 1 aliphatic rings. The van der Waals surface area contributed by atoms with Gasteiger partial charge in [0.15, 0.2) is 0 Å². The van der Waals surface area contributed by atoms with Gasteiger partial charge in [0.05, 0.1) is 6.10 Å². The number of H-pyrrole nitrogens is 1. The third-order valence-corrected chi connectivity index (χ3v) is 2.82. The molecule has 2 N–H and O–H groups in total. The lowest BCUT2D eigenvalue weighted by Gasteiger charge is -2.11. The predicted octanol–water partition coefficient (Wildman–Crippen LogP) is 1.31. The van der Waals surface area contributed by atoms with Crippen LogP contribution in [0.1, 0.15) is 31.9 Å². The first-order valence-corrected chi connectivity index (χ1v) is 6.23. The first-order chi connectivity index (χ1) is 8.28. The number of anilines is 1. The van der Waals surface area contributed by atoms with Gasteiger partial charge in [-0.2, -0.15) is 0 Å². The van der Waals surface area contributed by atoms with Crippen LogP contribution in [0.25, 0.3) is 0 Å². The van der Waals surface area contributed by atoms with Crippen molar-refractivity contribution in [3.63, 3.8) is 0 Å². The third kappa shape index (κ3) is 3.56. The molecule has 1 atom stereocenters. The van der Waals surface area contributed by atoms with E-state index >= 15 is 0 Å². The van der Waals surface area contributed by atoms with Crippen molar-refractivity contribution in [2.24, 2.45) is 0 Å². The second-order valence-corrected chi connectivity index (χ2v) is 4.35. The van der Waals surface area contributed by atoms with Crippen molar-refractivity contribution < 1.29 is 4.74 Å². The predicted molar refractivity (Wildman–Crippen MR) is 66.3 cm³/mol. The van der Waals surface area contributed by atoms with Gasteiger partial charge in [-0.3, -0.25) is 9.78 Å². The summed E-state index contributed by atoms with van der Waals surface area (Å²) in [6.07, 6.45) is 4.26. The van der Waals surface area contributed by atoms with E-state index in [4.69, 9.17) is 4.74 Å². The zero-order chi connectivity index (χ0) is 12.1.